The normalized spacial score (nSPS) is 13.9. The van der Waals surface area contributed by atoms with Gasteiger partial charge in [-0.3, -0.25) is 5.43 Å². The smallest absolute Gasteiger partial charge is 0.0611 e. The number of rotatable bonds is 3. The number of anilines is 1. The summed E-state index contributed by atoms with van der Waals surface area (Å²) in [5.41, 5.74) is 9.12. The number of hydrogen-bond acceptors (Lipinski definition) is 2. The summed E-state index contributed by atoms with van der Waals surface area (Å²) in [7, 11) is 0. The van der Waals surface area contributed by atoms with E-state index in [1.165, 1.54) is 16.7 Å². The van der Waals surface area contributed by atoms with Crippen LogP contribution in [0.25, 0.3) is 6.08 Å². The zero-order chi connectivity index (χ0) is 13.1. The van der Waals surface area contributed by atoms with Crippen molar-refractivity contribution in [2.24, 2.45) is 5.10 Å². The van der Waals surface area contributed by atoms with Gasteiger partial charge in [0, 0.05) is 0 Å². The molecular weight excluding hydrogens is 232 g/mol. The summed E-state index contributed by atoms with van der Waals surface area (Å²) in [6.07, 6.45) is 3.20. The Kier molecular flexibility index (Phi) is 3.15. The minimum Gasteiger partial charge on any atom is -0.278 e. The predicted octanol–water partition coefficient (Wildman–Crippen LogP) is 4.11. The van der Waals surface area contributed by atoms with Crippen LogP contribution in [-0.2, 0) is 6.42 Å². The first-order chi connectivity index (χ1) is 9.33. The maximum atomic E-state index is 4.46. The van der Waals surface area contributed by atoms with Gasteiger partial charge in [-0.1, -0.05) is 42.5 Å². The van der Waals surface area contributed by atoms with Crippen molar-refractivity contribution in [2.45, 2.75) is 13.3 Å². The summed E-state index contributed by atoms with van der Waals surface area (Å²) in [5, 5.41) is 4.46. The standard InChI is InChI=1S/C17H16N2/c1-13(18-19-17-9-3-2-4-10-17)16-11-14-7-5-6-8-15(14)12-16/h2-11,19H,12H2,1H3/b18-13-. The average Bonchev–Trinajstić information content (AvgIpc) is 2.90. The van der Waals surface area contributed by atoms with Crippen molar-refractivity contribution in [3.8, 4) is 0 Å². The highest BCUT2D eigenvalue weighted by molar-refractivity contribution is 6.04. The molecule has 2 aromatic rings. The number of hydrogen-bond donors (Lipinski definition) is 1. The first kappa shape index (κ1) is 11.7. The van der Waals surface area contributed by atoms with Crippen molar-refractivity contribution in [3.63, 3.8) is 0 Å². The Morgan fingerprint density at radius 1 is 1.00 bits per heavy atom. The molecule has 3 rings (SSSR count). The molecule has 0 atom stereocenters. The van der Waals surface area contributed by atoms with Crippen molar-refractivity contribution in [1.82, 2.24) is 0 Å². The van der Waals surface area contributed by atoms with E-state index in [-0.39, 0.29) is 0 Å². The second-order valence-electron chi connectivity index (χ2n) is 4.72. The first-order valence-corrected chi connectivity index (χ1v) is 6.47. The number of hydrazone groups is 1. The van der Waals surface area contributed by atoms with Crippen molar-refractivity contribution < 1.29 is 0 Å². The summed E-state index contributed by atoms with van der Waals surface area (Å²) in [4.78, 5) is 0. The minimum absolute atomic E-state index is 0.974. The highest BCUT2D eigenvalue weighted by Crippen LogP contribution is 2.25. The van der Waals surface area contributed by atoms with E-state index in [0.717, 1.165) is 17.8 Å². The van der Waals surface area contributed by atoms with Gasteiger partial charge >= 0.3 is 0 Å². The van der Waals surface area contributed by atoms with E-state index in [2.05, 4.69) is 40.9 Å². The molecule has 94 valence electrons. The third kappa shape index (κ3) is 2.58. The van der Waals surface area contributed by atoms with Gasteiger partial charge in [-0.15, -0.1) is 0 Å². The Balaban J connectivity index is 1.74. The fraction of sp³-hybridized carbons (Fsp3) is 0.118. The van der Waals surface area contributed by atoms with E-state index in [1.807, 2.05) is 37.3 Å². The molecule has 0 bridgehead atoms. The van der Waals surface area contributed by atoms with Crippen molar-refractivity contribution in [3.05, 3.63) is 71.3 Å². The summed E-state index contributed by atoms with van der Waals surface area (Å²) >= 11 is 0. The van der Waals surface area contributed by atoms with Gasteiger partial charge in [-0.05, 0) is 48.3 Å². The van der Waals surface area contributed by atoms with E-state index in [4.69, 9.17) is 0 Å². The van der Waals surface area contributed by atoms with Crippen molar-refractivity contribution in [2.75, 3.05) is 5.43 Å². The molecule has 0 saturated carbocycles. The molecule has 0 heterocycles. The lowest BCUT2D eigenvalue weighted by Crippen LogP contribution is -2.01. The van der Waals surface area contributed by atoms with Crippen LogP contribution in [0.1, 0.15) is 18.1 Å². The maximum Gasteiger partial charge on any atom is 0.0611 e. The summed E-state index contributed by atoms with van der Waals surface area (Å²) < 4.78 is 0. The minimum atomic E-state index is 0.974. The number of fused-ring (bicyclic) bond motifs is 1. The number of para-hydroxylation sites is 1. The molecule has 19 heavy (non-hydrogen) atoms. The van der Waals surface area contributed by atoms with Crippen LogP contribution in [-0.4, -0.2) is 5.71 Å². The van der Waals surface area contributed by atoms with Gasteiger partial charge in [0.1, 0.15) is 0 Å². The molecule has 0 radical (unpaired) electrons. The molecule has 0 fully saturated rings. The number of allylic oxidation sites excluding steroid dienone is 1. The summed E-state index contributed by atoms with van der Waals surface area (Å²) in [6.45, 7) is 2.05. The first-order valence-electron chi connectivity index (χ1n) is 6.47. The van der Waals surface area contributed by atoms with Gasteiger partial charge in [0.05, 0.1) is 11.4 Å². The van der Waals surface area contributed by atoms with Crippen LogP contribution in [0.5, 0.6) is 0 Å². The van der Waals surface area contributed by atoms with E-state index in [0.29, 0.717) is 0 Å². The van der Waals surface area contributed by atoms with E-state index in [1.54, 1.807) is 0 Å². The molecule has 2 aromatic carbocycles. The van der Waals surface area contributed by atoms with Crippen LogP contribution in [0.4, 0.5) is 5.69 Å². The molecule has 0 unspecified atom stereocenters. The average molecular weight is 248 g/mol. The fourth-order valence-electron chi connectivity index (χ4n) is 2.25. The van der Waals surface area contributed by atoms with Crippen LogP contribution < -0.4 is 5.43 Å². The Labute approximate surface area is 113 Å². The molecule has 1 aliphatic carbocycles. The van der Waals surface area contributed by atoms with Gasteiger partial charge in [-0.2, -0.15) is 5.10 Å². The quantitative estimate of drug-likeness (QED) is 0.641. The molecule has 0 aliphatic heterocycles. The van der Waals surface area contributed by atoms with E-state index >= 15 is 0 Å². The van der Waals surface area contributed by atoms with Crippen LogP contribution in [0, 0.1) is 0 Å². The molecule has 0 saturated heterocycles. The predicted molar refractivity (Wildman–Crippen MR) is 81.3 cm³/mol. The number of nitrogens with zero attached hydrogens (tertiary/aromatic N) is 1. The fourth-order valence-corrected chi connectivity index (χ4v) is 2.25. The zero-order valence-electron chi connectivity index (χ0n) is 10.9. The third-order valence-corrected chi connectivity index (χ3v) is 3.36. The molecule has 2 heteroatoms. The number of benzene rings is 2. The SMILES string of the molecule is C/C(=N/Nc1ccccc1)C1=Cc2ccccc2C1. The lowest BCUT2D eigenvalue weighted by Gasteiger charge is -2.04. The van der Waals surface area contributed by atoms with Gasteiger partial charge in [0.25, 0.3) is 0 Å². The number of nitrogens with one attached hydrogen (secondary N) is 1. The molecule has 0 amide bonds. The van der Waals surface area contributed by atoms with E-state index < -0.39 is 0 Å². The Morgan fingerprint density at radius 2 is 1.74 bits per heavy atom. The lowest BCUT2D eigenvalue weighted by molar-refractivity contribution is 1.24. The largest absolute Gasteiger partial charge is 0.278 e. The summed E-state index contributed by atoms with van der Waals surface area (Å²) in [5.74, 6) is 0. The molecule has 1 aliphatic rings. The Bertz CT molecular complexity index is 639. The summed E-state index contributed by atoms with van der Waals surface area (Å²) in [6, 6.07) is 18.5. The second kappa shape index (κ2) is 5.11. The highest BCUT2D eigenvalue weighted by Gasteiger charge is 2.13. The Morgan fingerprint density at radius 3 is 2.53 bits per heavy atom. The Hall–Kier alpha value is -2.35. The van der Waals surface area contributed by atoms with Gasteiger partial charge in [0.15, 0.2) is 0 Å². The molecule has 0 aromatic heterocycles. The molecular formula is C17H16N2. The van der Waals surface area contributed by atoms with Crippen LogP contribution >= 0.6 is 0 Å². The van der Waals surface area contributed by atoms with E-state index in [9.17, 15) is 0 Å². The highest BCUT2D eigenvalue weighted by atomic mass is 15.3. The van der Waals surface area contributed by atoms with Gasteiger partial charge < -0.3 is 0 Å². The topological polar surface area (TPSA) is 24.4 Å². The van der Waals surface area contributed by atoms with Crippen LogP contribution in [0.15, 0.2) is 65.3 Å². The van der Waals surface area contributed by atoms with Crippen LogP contribution in [0.3, 0.4) is 0 Å². The molecule has 1 N–H and O–H groups in total. The molecule has 0 spiro atoms. The maximum absolute atomic E-state index is 4.46. The van der Waals surface area contributed by atoms with Gasteiger partial charge in [-0.25, -0.2) is 0 Å². The lowest BCUT2D eigenvalue weighted by atomic mass is 10.1. The second-order valence-corrected chi connectivity index (χ2v) is 4.72. The van der Waals surface area contributed by atoms with Crippen molar-refractivity contribution >= 4 is 17.5 Å². The van der Waals surface area contributed by atoms with Crippen LogP contribution in [0.2, 0.25) is 0 Å². The van der Waals surface area contributed by atoms with Gasteiger partial charge in [0.2, 0.25) is 0 Å². The zero-order valence-corrected chi connectivity index (χ0v) is 10.9. The molecule has 2 nitrogen and oxygen atoms in total. The third-order valence-electron chi connectivity index (χ3n) is 3.36. The monoisotopic (exact) mass is 248 g/mol. The van der Waals surface area contributed by atoms with Crippen molar-refractivity contribution in [1.29, 1.82) is 0 Å².